The summed E-state index contributed by atoms with van der Waals surface area (Å²) in [6, 6.07) is 12.4. The predicted molar refractivity (Wildman–Crippen MR) is 120 cm³/mol. The molecule has 1 aliphatic heterocycles. The first-order chi connectivity index (χ1) is 15.2. The highest BCUT2D eigenvalue weighted by molar-refractivity contribution is 7.51. The molecular weight excluding hydrogens is 414 g/mol. The largest absolute Gasteiger partial charge is 0.373 e. The normalized spacial score (nSPS) is 14.2. The van der Waals surface area contributed by atoms with Gasteiger partial charge in [0, 0.05) is 68.5 Å². The maximum atomic E-state index is 8.29. The number of nitrogens with one attached hydrogen (secondary N) is 2. The number of aromatic nitrogens is 4. The van der Waals surface area contributed by atoms with Gasteiger partial charge in [-0.05, 0) is 12.1 Å². The van der Waals surface area contributed by atoms with E-state index in [2.05, 4.69) is 43.8 Å². The Labute approximate surface area is 183 Å². The predicted octanol–water partition coefficient (Wildman–Crippen LogP) is 1.72. The van der Waals surface area contributed by atoms with Gasteiger partial charge in [-0.25, -0.2) is 4.98 Å². The van der Waals surface area contributed by atoms with E-state index in [1.54, 1.807) is 0 Å². The van der Waals surface area contributed by atoms with E-state index in [4.69, 9.17) is 13.4 Å². The Morgan fingerprint density at radius 3 is 2.68 bits per heavy atom. The van der Waals surface area contributed by atoms with Crippen LogP contribution < -0.4 is 10.6 Å². The van der Waals surface area contributed by atoms with Gasteiger partial charge in [0.1, 0.15) is 5.82 Å². The number of hydrogen-bond acceptors (Lipinski definition) is 8. The molecule has 0 amide bonds. The molecule has 0 spiro atoms. The summed E-state index contributed by atoms with van der Waals surface area (Å²) in [5.74, 6) is 0.940. The molecule has 9 nitrogen and oxygen atoms in total. The highest BCUT2D eigenvalue weighted by Gasteiger charge is 2.16. The number of hydrogen-bond donors (Lipinski definition) is 2. The Bertz CT molecular complexity index is 1230. The minimum absolute atomic E-state index is 0.750. The van der Waals surface area contributed by atoms with Gasteiger partial charge in [0.15, 0.2) is 5.65 Å². The van der Waals surface area contributed by atoms with Crippen LogP contribution in [0.2, 0.25) is 0 Å². The van der Waals surface area contributed by atoms with Gasteiger partial charge < -0.3 is 10.6 Å². The summed E-state index contributed by atoms with van der Waals surface area (Å²) in [6.45, 7) is 4.99. The van der Waals surface area contributed by atoms with Crippen molar-refractivity contribution in [1.29, 1.82) is 0 Å². The average molecular weight is 438 g/mol. The molecule has 3 aromatic heterocycles. The van der Waals surface area contributed by atoms with Crippen LogP contribution in [0.25, 0.3) is 27.7 Å². The molecule has 0 unspecified atom stereocenters. The van der Waals surface area contributed by atoms with Gasteiger partial charge in [-0.3, -0.25) is 9.88 Å². The number of benzene rings is 1. The zero-order valence-electron chi connectivity index (χ0n) is 17.1. The fourth-order valence-electron chi connectivity index (χ4n) is 3.79. The quantitative estimate of drug-likeness (QED) is 0.497. The van der Waals surface area contributed by atoms with Crippen molar-refractivity contribution in [2.75, 3.05) is 38.5 Å². The second-order valence-electron chi connectivity index (χ2n) is 7.19. The van der Waals surface area contributed by atoms with Crippen LogP contribution in [-0.4, -0.2) is 66.1 Å². The highest BCUT2D eigenvalue weighted by atomic mass is 32.1. The topological polar surface area (TPSA) is 105 Å². The lowest BCUT2D eigenvalue weighted by atomic mass is 10.1. The van der Waals surface area contributed by atoms with Crippen LogP contribution in [0.4, 0.5) is 5.82 Å². The van der Waals surface area contributed by atoms with E-state index in [-0.39, 0.29) is 0 Å². The van der Waals surface area contributed by atoms with Crippen LogP contribution in [0.5, 0.6) is 0 Å². The van der Waals surface area contributed by atoms with Crippen LogP contribution in [0, 0.1) is 0 Å². The molecule has 5 rings (SSSR count). The minimum Gasteiger partial charge on any atom is -0.373 e. The summed E-state index contributed by atoms with van der Waals surface area (Å²) in [4.78, 5) is 12.0. The van der Waals surface area contributed by atoms with Crippen molar-refractivity contribution >= 4 is 33.9 Å². The molecule has 1 saturated heterocycles. The van der Waals surface area contributed by atoms with Crippen molar-refractivity contribution in [1.82, 2.24) is 29.8 Å². The molecule has 2 N–H and O–H groups in total. The van der Waals surface area contributed by atoms with E-state index < -0.39 is 11.6 Å². The molecule has 1 fully saturated rings. The lowest BCUT2D eigenvalue weighted by molar-refractivity contribution is 0.231. The number of nitrogens with zero attached hydrogens (tertiary/aromatic N) is 5. The molecule has 0 atom stereocenters. The summed E-state index contributed by atoms with van der Waals surface area (Å²) < 4.78 is 18.5. The van der Waals surface area contributed by atoms with Gasteiger partial charge in [0.2, 0.25) is 0 Å². The summed E-state index contributed by atoms with van der Waals surface area (Å²) in [5.41, 5.74) is 4.92. The number of rotatable bonds is 4. The molecule has 0 aliphatic carbocycles. The van der Waals surface area contributed by atoms with Crippen molar-refractivity contribution in [2.45, 2.75) is 6.54 Å². The second kappa shape index (κ2) is 9.73. The molecule has 1 aromatic carbocycles. The first-order valence-electron chi connectivity index (χ1n) is 9.99. The van der Waals surface area contributed by atoms with Crippen LogP contribution in [0.15, 0.2) is 48.8 Å². The Morgan fingerprint density at radius 2 is 1.90 bits per heavy atom. The molecule has 1 aliphatic rings. The summed E-state index contributed by atoms with van der Waals surface area (Å²) in [6.07, 6.45) is 3.78. The van der Waals surface area contributed by atoms with Crippen molar-refractivity contribution in [3.63, 3.8) is 0 Å². The lowest BCUT2D eigenvalue weighted by Crippen LogP contribution is -2.43. The molecule has 10 heteroatoms. The van der Waals surface area contributed by atoms with E-state index in [1.165, 1.54) is 0 Å². The molecule has 4 heterocycles. The molecule has 31 heavy (non-hydrogen) atoms. The highest BCUT2D eigenvalue weighted by Crippen LogP contribution is 2.27. The molecule has 4 aromatic rings. The SMILES string of the molecule is CNc1cc(CN2CCNCC2)nc2c(-c3cnc4ccccc4c3)cnn12.O=S=O. The zero-order chi connectivity index (χ0) is 21.6. The van der Waals surface area contributed by atoms with E-state index in [0.717, 1.165) is 71.9 Å². The Balaban J connectivity index is 0.000000730. The van der Waals surface area contributed by atoms with Gasteiger partial charge in [-0.2, -0.15) is 18.0 Å². The zero-order valence-corrected chi connectivity index (χ0v) is 17.9. The van der Waals surface area contributed by atoms with Gasteiger partial charge in [0.05, 0.1) is 17.4 Å². The van der Waals surface area contributed by atoms with Crippen molar-refractivity contribution in [3.05, 3.63) is 54.5 Å². The maximum absolute atomic E-state index is 8.29. The Kier molecular flexibility index (Phi) is 6.60. The average Bonchev–Trinajstić information content (AvgIpc) is 3.23. The summed E-state index contributed by atoms with van der Waals surface area (Å²) >= 11 is -0.750. The number of fused-ring (bicyclic) bond motifs is 2. The number of piperazine rings is 1. The number of pyridine rings is 1. The standard InChI is InChI=1S/C21H23N7.O2S/c1-22-20-11-17(14-27-8-6-23-7-9-27)26-21-18(13-25-28(20)21)16-10-15-4-2-3-5-19(15)24-12-16;1-3-2/h2-5,10-13,22-23H,6-9,14H2,1H3;. The maximum Gasteiger partial charge on any atom is 0.335 e. The third-order valence-electron chi connectivity index (χ3n) is 5.28. The van der Waals surface area contributed by atoms with E-state index in [0.29, 0.717) is 0 Å². The monoisotopic (exact) mass is 437 g/mol. The van der Waals surface area contributed by atoms with Crippen LogP contribution in [-0.2, 0) is 18.1 Å². The Hall–Kier alpha value is -3.21. The van der Waals surface area contributed by atoms with Gasteiger partial charge >= 0.3 is 11.6 Å². The fourth-order valence-corrected chi connectivity index (χ4v) is 3.79. The summed E-state index contributed by atoms with van der Waals surface area (Å²) in [7, 11) is 1.92. The van der Waals surface area contributed by atoms with E-state index >= 15 is 0 Å². The molecular formula is C21H23N7O2S. The number of anilines is 1. The Morgan fingerprint density at radius 1 is 1.13 bits per heavy atom. The summed E-state index contributed by atoms with van der Waals surface area (Å²) in [5, 5.41) is 12.3. The first-order valence-corrected chi connectivity index (χ1v) is 10.7. The van der Waals surface area contributed by atoms with Gasteiger partial charge in [0.25, 0.3) is 0 Å². The number of para-hydroxylation sites is 1. The third-order valence-corrected chi connectivity index (χ3v) is 5.28. The third kappa shape index (κ3) is 4.61. The first kappa shape index (κ1) is 21.0. The molecule has 0 radical (unpaired) electrons. The van der Waals surface area contributed by atoms with Gasteiger partial charge in [-0.15, -0.1) is 0 Å². The molecule has 0 bridgehead atoms. The lowest BCUT2D eigenvalue weighted by Gasteiger charge is -2.26. The van der Waals surface area contributed by atoms with Crippen LogP contribution in [0.1, 0.15) is 5.69 Å². The second-order valence-corrected chi connectivity index (χ2v) is 7.32. The van der Waals surface area contributed by atoms with Crippen molar-refractivity contribution in [2.24, 2.45) is 0 Å². The van der Waals surface area contributed by atoms with E-state index in [1.807, 2.05) is 42.2 Å². The fraction of sp³-hybridized carbons (Fsp3) is 0.286. The van der Waals surface area contributed by atoms with Gasteiger partial charge in [-0.1, -0.05) is 18.2 Å². The van der Waals surface area contributed by atoms with Crippen LogP contribution in [0.3, 0.4) is 0 Å². The van der Waals surface area contributed by atoms with Crippen molar-refractivity contribution in [3.8, 4) is 11.1 Å². The molecule has 160 valence electrons. The molecule has 0 saturated carbocycles. The smallest absolute Gasteiger partial charge is 0.335 e. The van der Waals surface area contributed by atoms with Crippen molar-refractivity contribution < 1.29 is 8.42 Å². The minimum atomic E-state index is -0.750. The van der Waals surface area contributed by atoms with Crippen LogP contribution >= 0.6 is 0 Å². The van der Waals surface area contributed by atoms with E-state index in [9.17, 15) is 0 Å².